The molecule has 13 heavy (non-hydrogen) atoms. The van der Waals surface area contributed by atoms with Crippen molar-refractivity contribution in [3.8, 4) is 0 Å². The van der Waals surface area contributed by atoms with Gasteiger partial charge < -0.3 is 4.74 Å². The molecular weight excluding hydrogens is 160 g/mol. The van der Waals surface area contributed by atoms with Crippen LogP contribution < -0.4 is 0 Å². The van der Waals surface area contributed by atoms with Crippen LogP contribution in [0.25, 0.3) is 0 Å². The molecular formula is C12H18O. The molecule has 1 aliphatic heterocycles. The summed E-state index contributed by atoms with van der Waals surface area (Å²) in [5.74, 6) is 0. The maximum Gasteiger partial charge on any atom is 0.0845 e. The van der Waals surface area contributed by atoms with E-state index in [-0.39, 0.29) is 0 Å². The lowest BCUT2D eigenvalue weighted by molar-refractivity contribution is 0.357. The summed E-state index contributed by atoms with van der Waals surface area (Å²) in [6.07, 6.45) is 17.6. The van der Waals surface area contributed by atoms with E-state index in [0.29, 0.717) is 12.2 Å². The number of fused-ring (bicyclic) bond motifs is 1. The third kappa shape index (κ3) is 3.00. The largest absolute Gasteiger partial charge is 0.370 e. The summed E-state index contributed by atoms with van der Waals surface area (Å²) in [5.41, 5.74) is 0. The molecule has 0 N–H and O–H groups in total. The van der Waals surface area contributed by atoms with Gasteiger partial charge in [-0.2, -0.15) is 0 Å². The van der Waals surface area contributed by atoms with Crippen LogP contribution in [0.2, 0.25) is 0 Å². The Morgan fingerprint density at radius 2 is 1.15 bits per heavy atom. The number of rotatable bonds is 0. The molecule has 1 saturated heterocycles. The van der Waals surface area contributed by atoms with Crippen LogP contribution in [0.3, 0.4) is 0 Å². The average molecular weight is 178 g/mol. The van der Waals surface area contributed by atoms with Crippen LogP contribution in [0, 0.1) is 0 Å². The maximum atomic E-state index is 5.56. The first-order valence-corrected chi connectivity index (χ1v) is 5.42. The first-order valence-electron chi connectivity index (χ1n) is 5.42. The van der Waals surface area contributed by atoms with Gasteiger partial charge in [-0.1, -0.05) is 24.3 Å². The fraction of sp³-hybridized carbons (Fsp3) is 0.667. The van der Waals surface area contributed by atoms with Crippen molar-refractivity contribution in [1.82, 2.24) is 0 Å². The second kappa shape index (κ2) is 4.61. The highest BCUT2D eigenvalue weighted by atomic mass is 16.6. The first-order chi connectivity index (χ1) is 6.47. The Morgan fingerprint density at radius 3 is 1.69 bits per heavy atom. The maximum absolute atomic E-state index is 5.56. The molecule has 0 saturated carbocycles. The molecule has 1 nitrogen and oxygen atoms in total. The minimum atomic E-state index is 0.581. The van der Waals surface area contributed by atoms with Gasteiger partial charge in [0, 0.05) is 0 Å². The molecule has 1 aliphatic carbocycles. The van der Waals surface area contributed by atoms with E-state index in [4.69, 9.17) is 4.74 Å². The van der Waals surface area contributed by atoms with E-state index in [1.54, 1.807) is 0 Å². The van der Waals surface area contributed by atoms with Crippen molar-refractivity contribution in [2.75, 3.05) is 0 Å². The highest BCUT2D eigenvalue weighted by Crippen LogP contribution is 2.30. The molecule has 0 aromatic heterocycles. The van der Waals surface area contributed by atoms with Crippen molar-refractivity contribution in [3.05, 3.63) is 24.3 Å². The molecule has 0 radical (unpaired) electrons. The van der Waals surface area contributed by atoms with Crippen molar-refractivity contribution < 1.29 is 4.74 Å². The van der Waals surface area contributed by atoms with Crippen molar-refractivity contribution in [2.24, 2.45) is 0 Å². The van der Waals surface area contributed by atoms with Crippen molar-refractivity contribution >= 4 is 0 Å². The number of allylic oxidation sites excluding steroid dienone is 4. The van der Waals surface area contributed by atoms with Crippen LogP contribution >= 0.6 is 0 Å². The van der Waals surface area contributed by atoms with E-state index >= 15 is 0 Å². The van der Waals surface area contributed by atoms with E-state index < -0.39 is 0 Å². The van der Waals surface area contributed by atoms with Gasteiger partial charge in [-0.25, -0.2) is 0 Å². The van der Waals surface area contributed by atoms with Gasteiger partial charge in [-0.15, -0.1) is 0 Å². The van der Waals surface area contributed by atoms with E-state index in [9.17, 15) is 0 Å². The Labute approximate surface area is 80.5 Å². The van der Waals surface area contributed by atoms with Crippen LogP contribution in [0.5, 0.6) is 0 Å². The zero-order valence-corrected chi connectivity index (χ0v) is 8.11. The van der Waals surface area contributed by atoms with Crippen LogP contribution in [0.1, 0.15) is 38.5 Å². The van der Waals surface area contributed by atoms with Gasteiger partial charge in [0.2, 0.25) is 0 Å². The molecule has 2 aliphatic rings. The molecule has 1 heteroatoms. The van der Waals surface area contributed by atoms with E-state index in [1.165, 1.54) is 38.5 Å². The summed E-state index contributed by atoms with van der Waals surface area (Å²) in [6, 6.07) is 0. The predicted molar refractivity (Wildman–Crippen MR) is 54.6 cm³/mol. The Bertz CT molecular complexity index is 183. The van der Waals surface area contributed by atoms with Gasteiger partial charge in [0.1, 0.15) is 0 Å². The highest BCUT2D eigenvalue weighted by molar-refractivity contribution is 4.94. The van der Waals surface area contributed by atoms with Crippen molar-refractivity contribution in [2.45, 2.75) is 50.7 Å². The third-order valence-electron chi connectivity index (χ3n) is 2.76. The molecule has 0 bridgehead atoms. The third-order valence-corrected chi connectivity index (χ3v) is 2.76. The van der Waals surface area contributed by atoms with E-state index in [1.807, 2.05) is 0 Å². The van der Waals surface area contributed by atoms with Crippen molar-refractivity contribution in [3.63, 3.8) is 0 Å². The fourth-order valence-electron chi connectivity index (χ4n) is 1.87. The van der Waals surface area contributed by atoms with Gasteiger partial charge in [-0.05, 0) is 38.5 Å². The van der Waals surface area contributed by atoms with Crippen LogP contribution in [0.15, 0.2) is 24.3 Å². The average Bonchev–Trinajstić information content (AvgIpc) is 2.83. The molecule has 1 heterocycles. The second-order valence-electron chi connectivity index (χ2n) is 3.89. The van der Waals surface area contributed by atoms with Gasteiger partial charge >= 0.3 is 0 Å². The van der Waals surface area contributed by atoms with Gasteiger partial charge in [0.05, 0.1) is 12.2 Å². The molecule has 72 valence electrons. The molecule has 0 aromatic carbocycles. The molecule has 0 amide bonds. The fourth-order valence-corrected chi connectivity index (χ4v) is 1.87. The molecule has 2 atom stereocenters. The smallest absolute Gasteiger partial charge is 0.0845 e. The molecule has 0 spiro atoms. The minimum absolute atomic E-state index is 0.581. The van der Waals surface area contributed by atoms with Crippen molar-refractivity contribution in [1.29, 1.82) is 0 Å². The standard InChI is InChI=1S/C12H18O/c1-2-4-6-8-10-12-11(13-12)9-7-5-3-1/h3-6,11-12H,1-2,7-10H2/b5-3-,6-4+/t11-,12-/m1/s1. The van der Waals surface area contributed by atoms with Crippen LogP contribution in [0.4, 0.5) is 0 Å². The number of hydrogen-bond donors (Lipinski definition) is 0. The van der Waals surface area contributed by atoms with Gasteiger partial charge in [0.15, 0.2) is 0 Å². The topological polar surface area (TPSA) is 12.5 Å². The number of epoxide rings is 1. The zero-order chi connectivity index (χ0) is 8.93. The van der Waals surface area contributed by atoms with E-state index in [0.717, 1.165) is 0 Å². The predicted octanol–water partition coefficient (Wildman–Crippen LogP) is 3.22. The SMILES string of the molecule is C1=C\CC[C@H]2O[C@@H]2CC/C=C/CC/1. The monoisotopic (exact) mass is 178 g/mol. The number of ether oxygens (including phenoxy) is 1. The van der Waals surface area contributed by atoms with E-state index in [2.05, 4.69) is 24.3 Å². The summed E-state index contributed by atoms with van der Waals surface area (Å²) in [6.45, 7) is 0. The highest BCUT2D eigenvalue weighted by Gasteiger charge is 2.36. The summed E-state index contributed by atoms with van der Waals surface area (Å²) < 4.78 is 5.56. The minimum Gasteiger partial charge on any atom is -0.370 e. The number of hydrogen-bond acceptors (Lipinski definition) is 1. The molecule has 0 aromatic rings. The normalized spacial score (nSPS) is 39.4. The Morgan fingerprint density at radius 1 is 0.692 bits per heavy atom. The Kier molecular flexibility index (Phi) is 3.20. The van der Waals surface area contributed by atoms with Gasteiger partial charge in [0.25, 0.3) is 0 Å². The van der Waals surface area contributed by atoms with Crippen LogP contribution in [-0.4, -0.2) is 12.2 Å². The lowest BCUT2D eigenvalue weighted by Crippen LogP contribution is -1.93. The van der Waals surface area contributed by atoms with Crippen LogP contribution in [-0.2, 0) is 4.74 Å². The molecule has 1 fully saturated rings. The summed E-state index contributed by atoms with van der Waals surface area (Å²) >= 11 is 0. The quantitative estimate of drug-likeness (QED) is 0.410. The lowest BCUT2D eigenvalue weighted by atomic mass is 10.1. The Balaban J connectivity index is 1.80. The summed E-state index contributed by atoms with van der Waals surface area (Å²) in [4.78, 5) is 0. The first kappa shape index (κ1) is 9.01. The summed E-state index contributed by atoms with van der Waals surface area (Å²) in [7, 11) is 0. The lowest BCUT2D eigenvalue weighted by Gasteiger charge is -1.94. The molecule has 0 unspecified atom stereocenters. The molecule has 2 rings (SSSR count). The summed E-state index contributed by atoms with van der Waals surface area (Å²) in [5, 5.41) is 0. The van der Waals surface area contributed by atoms with Gasteiger partial charge in [-0.3, -0.25) is 0 Å². The zero-order valence-electron chi connectivity index (χ0n) is 8.11. The second-order valence-corrected chi connectivity index (χ2v) is 3.89. The Hall–Kier alpha value is -0.560.